The van der Waals surface area contributed by atoms with Crippen molar-refractivity contribution in [2.75, 3.05) is 27.2 Å². The fourth-order valence-electron chi connectivity index (χ4n) is 1.56. The molecule has 0 aliphatic carbocycles. The zero-order valence-corrected chi connectivity index (χ0v) is 7.47. The number of nitrogens with zero attached hydrogens (tertiary/aromatic N) is 1. The van der Waals surface area contributed by atoms with Crippen molar-refractivity contribution < 1.29 is 13.9 Å². The molecule has 0 aromatic carbocycles. The van der Waals surface area contributed by atoms with Crippen molar-refractivity contribution in [3.05, 3.63) is 0 Å². The fraction of sp³-hybridized carbons (Fsp3) is 0.875. The van der Waals surface area contributed by atoms with Crippen LogP contribution in [0.5, 0.6) is 0 Å². The number of methoxy groups -OCH3 is 1. The topological polar surface area (TPSA) is 29.5 Å². The van der Waals surface area contributed by atoms with Crippen molar-refractivity contribution in [1.82, 2.24) is 4.90 Å². The minimum absolute atomic E-state index is 0.152. The van der Waals surface area contributed by atoms with Gasteiger partial charge in [-0.15, -0.1) is 0 Å². The average Bonchev–Trinajstić information content (AvgIpc) is 2.02. The highest BCUT2D eigenvalue weighted by molar-refractivity contribution is 5.79. The van der Waals surface area contributed by atoms with Gasteiger partial charge in [-0.1, -0.05) is 0 Å². The van der Waals surface area contributed by atoms with Crippen molar-refractivity contribution in [3.63, 3.8) is 0 Å². The monoisotopic (exact) mass is 175 g/mol. The Bertz CT molecular complexity index is 186. The maximum absolute atomic E-state index is 13.7. The van der Waals surface area contributed by atoms with E-state index in [-0.39, 0.29) is 13.0 Å². The number of carbonyl (C=O) groups is 1. The number of hydrogen-bond donors (Lipinski definition) is 0. The molecular formula is C8H14FNO2. The summed E-state index contributed by atoms with van der Waals surface area (Å²) in [5, 5.41) is 0. The van der Waals surface area contributed by atoms with Gasteiger partial charge in [0.2, 0.25) is 5.67 Å². The quantitative estimate of drug-likeness (QED) is 0.546. The first kappa shape index (κ1) is 9.45. The van der Waals surface area contributed by atoms with Crippen LogP contribution in [0.15, 0.2) is 0 Å². The van der Waals surface area contributed by atoms with Gasteiger partial charge in [-0.05, 0) is 26.4 Å². The number of rotatable bonds is 1. The van der Waals surface area contributed by atoms with Crippen LogP contribution in [-0.4, -0.2) is 43.8 Å². The van der Waals surface area contributed by atoms with Gasteiger partial charge in [0, 0.05) is 6.54 Å². The van der Waals surface area contributed by atoms with E-state index in [1.165, 1.54) is 7.11 Å². The summed E-state index contributed by atoms with van der Waals surface area (Å²) in [4.78, 5) is 12.8. The molecule has 4 heteroatoms. The molecule has 0 bridgehead atoms. The summed E-state index contributed by atoms with van der Waals surface area (Å²) in [7, 11) is 3.02. The van der Waals surface area contributed by atoms with Gasteiger partial charge in [-0.25, -0.2) is 9.18 Å². The van der Waals surface area contributed by atoms with Gasteiger partial charge in [-0.3, -0.25) is 0 Å². The second kappa shape index (κ2) is 3.39. The Labute approximate surface area is 71.5 Å². The van der Waals surface area contributed by atoms with Gasteiger partial charge in [0.25, 0.3) is 0 Å². The van der Waals surface area contributed by atoms with Crippen molar-refractivity contribution in [2.24, 2.45) is 0 Å². The van der Waals surface area contributed by atoms with Crippen LogP contribution in [0.4, 0.5) is 4.39 Å². The van der Waals surface area contributed by atoms with Gasteiger partial charge >= 0.3 is 5.97 Å². The summed E-state index contributed by atoms with van der Waals surface area (Å²) < 4.78 is 18.1. The summed E-state index contributed by atoms with van der Waals surface area (Å²) >= 11 is 0. The SMILES string of the molecule is COC(=O)C1(F)CCCN(C)C1. The Hall–Kier alpha value is -0.640. The van der Waals surface area contributed by atoms with Gasteiger partial charge in [0.05, 0.1) is 7.11 Å². The third-order valence-electron chi connectivity index (χ3n) is 2.18. The van der Waals surface area contributed by atoms with Gasteiger partial charge in [0.1, 0.15) is 0 Å². The maximum Gasteiger partial charge on any atom is 0.344 e. The minimum Gasteiger partial charge on any atom is -0.467 e. The smallest absolute Gasteiger partial charge is 0.344 e. The molecule has 0 spiro atoms. The van der Waals surface area contributed by atoms with Crippen LogP contribution in [0.3, 0.4) is 0 Å². The van der Waals surface area contributed by atoms with Gasteiger partial charge in [0.15, 0.2) is 0 Å². The average molecular weight is 175 g/mol. The summed E-state index contributed by atoms with van der Waals surface area (Å²) in [5.74, 6) is -0.742. The minimum atomic E-state index is -1.78. The number of ether oxygens (including phenoxy) is 1. The van der Waals surface area contributed by atoms with Crippen LogP contribution in [-0.2, 0) is 9.53 Å². The predicted octanol–water partition coefficient (Wildman–Crippen LogP) is 0.593. The largest absolute Gasteiger partial charge is 0.467 e. The lowest BCUT2D eigenvalue weighted by Gasteiger charge is -2.32. The van der Waals surface area contributed by atoms with Crippen LogP contribution in [0, 0.1) is 0 Å². The highest BCUT2D eigenvalue weighted by atomic mass is 19.1. The molecular weight excluding hydrogens is 161 g/mol. The normalized spacial score (nSPS) is 31.6. The molecule has 0 aromatic rings. The van der Waals surface area contributed by atoms with E-state index in [1.807, 2.05) is 0 Å². The number of carbonyl (C=O) groups excluding carboxylic acids is 1. The van der Waals surface area contributed by atoms with E-state index in [9.17, 15) is 9.18 Å². The Kier molecular flexibility index (Phi) is 2.67. The molecule has 1 fully saturated rings. The molecule has 0 N–H and O–H groups in total. The highest BCUT2D eigenvalue weighted by Crippen LogP contribution is 2.25. The summed E-state index contributed by atoms with van der Waals surface area (Å²) in [6.07, 6.45) is 0.992. The molecule has 1 aliphatic rings. The Balaban J connectivity index is 2.63. The van der Waals surface area contributed by atoms with Crippen molar-refractivity contribution in [1.29, 1.82) is 0 Å². The fourth-order valence-corrected chi connectivity index (χ4v) is 1.56. The highest BCUT2D eigenvalue weighted by Gasteiger charge is 2.42. The molecule has 70 valence electrons. The van der Waals surface area contributed by atoms with E-state index in [1.54, 1.807) is 11.9 Å². The number of piperidine rings is 1. The first-order chi connectivity index (χ1) is 5.58. The van der Waals surface area contributed by atoms with Crippen LogP contribution in [0.25, 0.3) is 0 Å². The second-order valence-electron chi connectivity index (χ2n) is 3.30. The van der Waals surface area contributed by atoms with E-state index in [2.05, 4.69) is 4.74 Å². The number of hydrogen-bond acceptors (Lipinski definition) is 3. The summed E-state index contributed by atoms with van der Waals surface area (Å²) in [6, 6.07) is 0. The van der Waals surface area contributed by atoms with Gasteiger partial charge in [-0.2, -0.15) is 0 Å². The van der Waals surface area contributed by atoms with Crippen LogP contribution >= 0.6 is 0 Å². The zero-order chi connectivity index (χ0) is 9.19. The lowest BCUT2D eigenvalue weighted by atomic mass is 9.95. The molecule has 3 nitrogen and oxygen atoms in total. The van der Waals surface area contributed by atoms with E-state index in [0.717, 1.165) is 6.54 Å². The first-order valence-electron chi connectivity index (χ1n) is 4.04. The lowest BCUT2D eigenvalue weighted by molar-refractivity contribution is -0.158. The van der Waals surface area contributed by atoms with E-state index in [4.69, 9.17) is 0 Å². The molecule has 1 heterocycles. The predicted molar refractivity (Wildman–Crippen MR) is 42.6 cm³/mol. The Morgan fingerprint density at radius 1 is 1.67 bits per heavy atom. The number of likely N-dealkylation sites (tertiary alicyclic amines) is 1. The molecule has 1 aliphatic heterocycles. The van der Waals surface area contributed by atoms with Crippen LogP contribution in [0.2, 0.25) is 0 Å². The zero-order valence-electron chi connectivity index (χ0n) is 7.47. The lowest BCUT2D eigenvalue weighted by Crippen LogP contribution is -2.49. The standard InChI is InChI=1S/C8H14FNO2/c1-10-5-3-4-8(9,6-10)7(11)12-2/h3-6H2,1-2H3. The molecule has 1 unspecified atom stereocenters. The second-order valence-corrected chi connectivity index (χ2v) is 3.30. The summed E-state index contributed by atoms with van der Waals surface area (Å²) in [5.41, 5.74) is -1.78. The maximum atomic E-state index is 13.7. The van der Waals surface area contributed by atoms with Crippen LogP contribution in [0.1, 0.15) is 12.8 Å². The van der Waals surface area contributed by atoms with Crippen molar-refractivity contribution >= 4 is 5.97 Å². The summed E-state index contributed by atoms with van der Waals surface area (Å²) in [6.45, 7) is 1.00. The Morgan fingerprint density at radius 3 is 2.83 bits per heavy atom. The first-order valence-corrected chi connectivity index (χ1v) is 4.04. The number of esters is 1. The van der Waals surface area contributed by atoms with Crippen molar-refractivity contribution in [2.45, 2.75) is 18.5 Å². The van der Waals surface area contributed by atoms with E-state index >= 15 is 0 Å². The molecule has 1 atom stereocenters. The third kappa shape index (κ3) is 1.75. The molecule has 0 amide bonds. The van der Waals surface area contributed by atoms with Gasteiger partial charge < -0.3 is 9.64 Å². The molecule has 1 rings (SSSR count). The Morgan fingerprint density at radius 2 is 2.33 bits per heavy atom. The number of alkyl halides is 1. The van der Waals surface area contributed by atoms with E-state index < -0.39 is 11.6 Å². The molecule has 0 radical (unpaired) electrons. The molecule has 1 saturated heterocycles. The molecule has 0 aromatic heterocycles. The van der Waals surface area contributed by atoms with Crippen LogP contribution < -0.4 is 0 Å². The van der Waals surface area contributed by atoms with E-state index in [0.29, 0.717) is 6.42 Å². The molecule has 0 saturated carbocycles. The van der Waals surface area contributed by atoms with Crippen molar-refractivity contribution in [3.8, 4) is 0 Å². The molecule has 12 heavy (non-hydrogen) atoms. The third-order valence-corrected chi connectivity index (χ3v) is 2.18. The number of halogens is 1.